The largest absolute Gasteiger partial charge is 0.310 e. The molecule has 0 aliphatic rings. The summed E-state index contributed by atoms with van der Waals surface area (Å²) in [6, 6.07) is 47.2. The lowest BCUT2D eigenvalue weighted by molar-refractivity contribution is 1.24. The van der Waals surface area contributed by atoms with E-state index < -0.39 is 0 Å². The molecule has 8 heteroatoms. The molecule has 0 amide bonds. The first kappa shape index (κ1) is 32.0. The van der Waals surface area contributed by atoms with Gasteiger partial charge in [-0.2, -0.15) is 0 Å². The van der Waals surface area contributed by atoms with Crippen LogP contribution in [-0.2, 0) is 0 Å². The third kappa shape index (κ3) is 5.59. The summed E-state index contributed by atoms with van der Waals surface area (Å²) in [5, 5.41) is 7.70. The maximum absolute atomic E-state index is 4.77. The topological polar surface area (TPSA) is 80.6 Å². The normalized spacial score (nSPS) is 11.6. The third-order valence-electron chi connectivity index (χ3n) is 10.4. The minimum absolute atomic E-state index is 0.919. The van der Waals surface area contributed by atoms with Crippen LogP contribution in [0.3, 0.4) is 0 Å². The fraction of sp³-hybridized carbons (Fsp3) is 0. The number of anilines is 3. The molecule has 7 nitrogen and oxygen atoms in total. The molecular formula is C48H29N7S. The van der Waals surface area contributed by atoms with Crippen LogP contribution in [0.25, 0.3) is 86.4 Å². The minimum Gasteiger partial charge on any atom is -0.310 e. The van der Waals surface area contributed by atoms with Crippen LogP contribution in [-0.4, -0.2) is 29.9 Å². The summed E-state index contributed by atoms with van der Waals surface area (Å²) in [5.41, 5.74) is 10.1. The lowest BCUT2D eigenvalue weighted by Gasteiger charge is -2.26. The molecule has 262 valence electrons. The molecule has 11 rings (SSSR count). The first-order chi connectivity index (χ1) is 27.7. The summed E-state index contributed by atoms with van der Waals surface area (Å²) in [7, 11) is 0. The molecule has 0 fully saturated rings. The molecule has 0 bridgehead atoms. The van der Waals surface area contributed by atoms with E-state index >= 15 is 0 Å². The Hall–Kier alpha value is -7.42. The highest BCUT2D eigenvalue weighted by Crippen LogP contribution is 2.41. The zero-order chi connectivity index (χ0) is 37.0. The Kier molecular flexibility index (Phi) is 7.53. The van der Waals surface area contributed by atoms with Gasteiger partial charge in [0.05, 0.1) is 27.3 Å². The van der Waals surface area contributed by atoms with Crippen molar-refractivity contribution in [2.24, 2.45) is 0 Å². The van der Waals surface area contributed by atoms with Crippen molar-refractivity contribution in [1.29, 1.82) is 0 Å². The van der Waals surface area contributed by atoms with Gasteiger partial charge in [0.15, 0.2) is 0 Å². The zero-order valence-corrected chi connectivity index (χ0v) is 30.6. The fourth-order valence-corrected chi connectivity index (χ4v) is 8.70. The summed E-state index contributed by atoms with van der Waals surface area (Å²) in [5.74, 6) is 0. The number of thiophene rings is 1. The van der Waals surface area contributed by atoms with Gasteiger partial charge in [0.1, 0.15) is 6.33 Å². The van der Waals surface area contributed by atoms with Crippen LogP contribution in [0, 0.1) is 0 Å². The highest BCUT2D eigenvalue weighted by molar-refractivity contribution is 7.26. The van der Waals surface area contributed by atoms with Gasteiger partial charge in [-0.1, -0.05) is 60.7 Å². The van der Waals surface area contributed by atoms with E-state index in [1.54, 1.807) is 17.7 Å². The fourth-order valence-electron chi connectivity index (χ4n) is 7.53. The van der Waals surface area contributed by atoms with Gasteiger partial charge < -0.3 is 4.90 Å². The van der Waals surface area contributed by atoms with Gasteiger partial charge in [-0.25, -0.2) is 9.97 Å². The van der Waals surface area contributed by atoms with Crippen molar-refractivity contribution < 1.29 is 0 Å². The van der Waals surface area contributed by atoms with E-state index in [4.69, 9.17) is 15.0 Å². The third-order valence-corrected chi connectivity index (χ3v) is 11.6. The monoisotopic (exact) mass is 735 g/mol. The van der Waals surface area contributed by atoms with Gasteiger partial charge in [-0.3, -0.25) is 19.9 Å². The molecule has 6 aromatic heterocycles. The predicted octanol–water partition coefficient (Wildman–Crippen LogP) is 12.4. The van der Waals surface area contributed by atoms with Crippen LogP contribution in [0.5, 0.6) is 0 Å². The van der Waals surface area contributed by atoms with Gasteiger partial charge in [0.2, 0.25) is 0 Å². The van der Waals surface area contributed by atoms with Crippen molar-refractivity contribution in [2.75, 3.05) is 4.90 Å². The summed E-state index contributed by atoms with van der Waals surface area (Å²) in [6.07, 6.45) is 12.8. The van der Waals surface area contributed by atoms with Crippen molar-refractivity contribution in [3.8, 4) is 33.8 Å². The SMILES string of the molecule is c1ccc2c(c1)sc1c(-c3ccc4cc(N(c5ccc(-c6cc7ccncc7cn6)cc5)c5ccc(-c6cc7ccncc7cn6)cc5)ccc4c3)ncnc12. The number of hydrogen-bond acceptors (Lipinski definition) is 8. The molecular weight excluding hydrogens is 707 g/mol. The van der Waals surface area contributed by atoms with Crippen molar-refractivity contribution in [3.05, 3.63) is 177 Å². The van der Waals surface area contributed by atoms with Crippen molar-refractivity contribution in [3.63, 3.8) is 0 Å². The second-order valence-electron chi connectivity index (χ2n) is 13.8. The molecule has 0 aliphatic carbocycles. The summed E-state index contributed by atoms with van der Waals surface area (Å²) in [6.45, 7) is 0. The maximum Gasteiger partial charge on any atom is 0.116 e. The van der Waals surface area contributed by atoms with E-state index in [-0.39, 0.29) is 0 Å². The standard InChI is InChI=1S/C48H29N7S/c1-2-4-45-42(3-1)47-48(56-45)46(53-29-54-47)36-6-5-33-22-41(16-11-32(33)21-36)55(39-12-7-30(8-13-39)43-23-34-17-19-49-25-37(34)27-51-43)40-14-9-31(10-15-40)44-24-35-18-20-50-26-38(35)28-52-44/h1-29H. The Balaban J connectivity index is 0.987. The number of rotatable bonds is 6. The maximum atomic E-state index is 4.77. The van der Waals surface area contributed by atoms with E-state index in [2.05, 4.69) is 141 Å². The molecule has 0 aliphatic heterocycles. The second-order valence-corrected chi connectivity index (χ2v) is 14.8. The summed E-state index contributed by atoms with van der Waals surface area (Å²) in [4.78, 5) is 29.7. The van der Waals surface area contributed by atoms with Crippen LogP contribution >= 0.6 is 11.3 Å². The number of hydrogen-bond donors (Lipinski definition) is 0. The van der Waals surface area contributed by atoms with E-state index in [1.807, 2.05) is 49.3 Å². The molecule has 0 N–H and O–H groups in total. The molecule has 0 saturated heterocycles. The predicted molar refractivity (Wildman–Crippen MR) is 230 cm³/mol. The van der Waals surface area contributed by atoms with E-state index in [0.717, 1.165) is 93.4 Å². The van der Waals surface area contributed by atoms with Gasteiger partial charge in [-0.15, -0.1) is 11.3 Å². The minimum atomic E-state index is 0.919. The van der Waals surface area contributed by atoms with Crippen LogP contribution in [0.2, 0.25) is 0 Å². The summed E-state index contributed by atoms with van der Waals surface area (Å²) >= 11 is 1.75. The first-order valence-electron chi connectivity index (χ1n) is 18.3. The van der Waals surface area contributed by atoms with Crippen LogP contribution < -0.4 is 4.90 Å². The number of nitrogens with zero attached hydrogens (tertiary/aromatic N) is 7. The number of benzene rings is 5. The zero-order valence-electron chi connectivity index (χ0n) is 29.8. The molecule has 0 saturated carbocycles. The average Bonchev–Trinajstić information content (AvgIpc) is 3.66. The lowest BCUT2D eigenvalue weighted by atomic mass is 10.0. The summed E-state index contributed by atoms with van der Waals surface area (Å²) < 4.78 is 2.32. The van der Waals surface area contributed by atoms with Gasteiger partial charge in [0.25, 0.3) is 0 Å². The highest BCUT2D eigenvalue weighted by Gasteiger charge is 2.17. The van der Waals surface area contributed by atoms with Crippen LogP contribution in [0.15, 0.2) is 177 Å². The first-order valence-corrected chi connectivity index (χ1v) is 19.1. The Morgan fingerprint density at radius 3 is 1.68 bits per heavy atom. The number of aromatic nitrogens is 6. The molecule has 11 aromatic rings. The van der Waals surface area contributed by atoms with Crippen LogP contribution in [0.1, 0.15) is 0 Å². The highest BCUT2D eigenvalue weighted by atomic mass is 32.1. The molecule has 0 spiro atoms. The quantitative estimate of drug-likeness (QED) is 0.168. The van der Waals surface area contributed by atoms with Gasteiger partial charge in [-0.05, 0) is 94.3 Å². The Labute approximate surface area is 325 Å². The lowest BCUT2D eigenvalue weighted by Crippen LogP contribution is -2.10. The van der Waals surface area contributed by atoms with Crippen molar-refractivity contribution in [1.82, 2.24) is 29.9 Å². The van der Waals surface area contributed by atoms with E-state index in [9.17, 15) is 0 Å². The second kappa shape index (κ2) is 13.2. The van der Waals surface area contributed by atoms with Gasteiger partial charge >= 0.3 is 0 Å². The Morgan fingerprint density at radius 1 is 0.429 bits per heavy atom. The smallest absolute Gasteiger partial charge is 0.116 e. The molecule has 6 heterocycles. The van der Waals surface area contributed by atoms with E-state index in [1.165, 1.54) is 10.1 Å². The molecule has 0 unspecified atom stereocenters. The van der Waals surface area contributed by atoms with E-state index in [0.29, 0.717) is 0 Å². The molecule has 0 atom stereocenters. The molecule has 0 radical (unpaired) electrons. The Bertz CT molecular complexity index is 3150. The van der Waals surface area contributed by atoms with Crippen LogP contribution in [0.4, 0.5) is 17.1 Å². The molecule has 5 aromatic carbocycles. The number of pyridine rings is 4. The van der Waals surface area contributed by atoms with Crippen molar-refractivity contribution in [2.45, 2.75) is 0 Å². The average molecular weight is 736 g/mol. The Morgan fingerprint density at radius 2 is 1.00 bits per heavy atom. The van der Waals surface area contributed by atoms with Gasteiger partial charge in [0, 0.05) is 91.8 Å². The number of fused-ring (bicyclic) bond motifs is 6. The molecule has 56 heavy (non-hydrogen) atoms. The van der Waals surface area contributed by atoms with Crippen molar-refractivity contribution >= 4 is 81.0 Å².